The van der Waals surface area contributed by atoms with E-state index in [1.165, 1.54) is 0 Å². The highest BCUT2D eigenvalue weighted by Gasteiger charge is 2.08. The summed E-state index contributed by atoms with van der Waals surface area (Å²) in [4.78, 5) is 4.18. The van der Waals surface area contributed by atoms with E-state index in [0.29, 0.717) is 11.5 Å². The van der Waals surface area contributed by atoms with Crippen molar-refractivity contribution in [2.75, 3.05) is 26.1 Å². The molecule has 6 nitrogen and oxygen atoms in total. The van der Waals surface area contributed by atoms with Gasteiger partial charge in [0.05, 0.1) is 26.9 Å². The van der Waals surface area contributed by atoms with Crippen molar-refractivity contribution >= 4 is 35.6 Å². The third-order valence-electron chi connectivity index (χ3n) is 3.52. The molecule has 0 fully saturated rings. The molecule has 136 valence electrons. The first kappa shape index (κ1) is 21.0. The van der Waals surface area contributed by atoms with E-state index in [1.807, 2.05) is 31.2 Å². The van der Waals surface area contributed by atoms with E-state index in [-0.39, 0.29) is 36.5 Å². The lowest BCUT2D eigenvalue weighted by atomic mass is 10.1. The summed E-state index contributed by atoms with van der Waals surface area (Å²) in [6.07, 6.45) is -0.698. The van der Waals surface area contributed by atoms with Crippen LogP contribution < -0.4 is 20.5 Å². The van der Waals surface area contributed by atoms with Crippen molar-refractivity contribution in [2.24, 2.45) is 10.7 Å². The Labute approximate surface area is 165 Å². The van der Waals surface area contributed by atoms with E-state index in [4.69, 9.17) is 15.2 Å². The highest BCUT2D eigenvalue weighted by atomic mass is 127. The summed E-state index contributed by atoms with van der Waals surface area (Å²) in [6, 6.07) is 13.0. The number of rotatable bonds is 6. The van der Waals surface area contributed by atoms with Gasteiger partial charge in [0.1, 0.15) is 0 Å². The molecule has 1 atom stereocenters. The Morgan fingerprint density at radius 1 is 1.16 bits per heavy atom. The number of aliphatic hydroxyl groups is 1. The summed E-state index contributed by atoms with van der Waals surface area (Å²) in [5.74, 6) is 1.44. The second-order valence-electron chi connectivity index (χ2n) is 5.35. The minimum absolute atomic E-state index is 0. The zero-order valence-corrected chi connectivity index (χ0v) is 16.9. The number of hydrogen-bond donors (Lipinski definition) is 3. The maximum Gasteiger partial charge on any atom is 0.193 e. The molecule has 0 bridgehead atoms. The molecule has 25 heavy (non-hydrogen) atoms. The first-order chi connectivity index (χ1) is 11.5. The highest BCUT2D eigenvalue weighted by Crippen LogP contribution is 2.29. The average Bonchev–Trinajstić information content (AvgIpc) is 2.59. The van der Waals surface area contributed by atoms with Gasteiger partial charge >= 0.3 is 0 Å². The Morgan fingerprint density at radius 3 is 2.52 bits per heavy atom. The van der Waals surface area contributed by atoms with Crippen molar-refractivity contribution in [3.63, 3.8) is 0 Å². The average molecular weight is 457 g/mol. The predicted octanol–water partition coefficient (Wildman–Crippen LogP) is 3.09. The first-order valence-electron chi connectivity index (χ1n) is 7.57. The molecule has 1 unspecified atom stereocenters. The van der Waals surface area contributed by atoms with Gasteiger partial charge in [0.2, 0.25) is 0 Å². The number of aliphatic imine (C=N–C) groups is 1. The van der Waals surface area contributed by atoms with Gasteiger partial charge in [-0.2, -0.15) is 0 Å². The van der Waals surface area contributed by atoms with Gasteiger partial charge in [0.15, 0.2) is 17.5 Å². The third-order valence-corrected chi connectivity index (χ3v) is 3.52. The van der Waals surface area contributed by atoms with Gasteiger partial charge < -0.3 is 25.6 Å². The molecule has 7 heteroatoms. The van der Waals surface area contributed by atoms with Crippen molar-refractivity contribution in [1.82, 2.24) is 0 Å². The van der Waals surface area contributed by atoms with Crippen LogP contribution in [0.15, 0.2) is 47.5 Å². The van der Waals surface area contributed by atoms with Gasteiger partial charge in [-0.3, -0.25) is 4.99 Å². The van der Waals surface area contributed by atoms with Crippen LogP contribution in [0.25, 0.3) is 0 Å². The Hall–Kier alpha value is -2.00. The molecule has 0 radical (unpaired) electrons. The van der Waals surface area contributed by atoms with Crippen LogP contribution in [0, 0.1) is 6.92 Å². The summed E-state index contributed by atoms with van der Waals surface area (Å²) < 4.78 is 10.4. The molecule has 0 saturated carbocycles. The topological polar surface area (TPSA) is 89.1 Å². The molecule has 4 N–H and O–H groups in total. The molecule has 2 aromatic rings. The van der Waals surface area contributed by atoms with Crippen LogP contribution in [-0.4, -0.2) is 31.8 Å². The summed E-state index contributed by atoms with van der Waals surface area (Å²) in [7, 11) is 3.14. The standard InChI is InChI=1S/C18H23N3O3.HI/c1-12-5-4-6-13(9-12)15(22)11-20-18(19)21-14-7-8-16(23-2)17(10-14)24-3;/h4-10,15,22H,11H2,1-3H3,(H3,19,20,21);1H. The van der Waals surface area contributed by atoms with E-state index < -0.39 is 6.10 Å². The number of ether oxygens (including phenoxy) is 2. The fourth-order valence-corrected chi connectivity index (χ4v) is 2.27. The largest absolute Gasteiger partial charge is 0.493 e. The molecule has 0 saturated heterocycles. The van der Waals surface area contributed by atoms with Gasteiger partial charge in [0, 0.05) is 11.8 Å². The van der Waals surface area contributed by atoms with E-state index in [1.54, 1.807) is 32.4 Å². The normalized spacial score (nSPS) is 12.1. The van der Waals surface area contributed by atoms with Crippen molar-refractivity contribution in [3.05, 3.63) is 53.6 Å². The number of methoxy groups -OCH3 is 2. The molecule has 0 aliphatic heterocycles. The monoisotopic (exact) mass is 457 g/mol. The summed E-state index contributed by atoms with van der Waals surface area (Å²) in [5, 5.41) is 13.2. The number of guanidine groups is 1. The molecule has 0 amide bonds. The van der Waals surface area contributed by atoms with Crippen LogP contribution in [0.1, 0.15) is 17.2 Å². The SMILES string of the molecule is COc1ccc(NC(N)=NCC(O)c2cccc(C)c2)cc1OC.I. The number of nitrogens with two attached hydrogens (primary N) is 1. The molecular weight excluding hydrogens is 433 g/mol. The van der Waals surface area contributed by atoms with Crippen LogP contribution in [-0.2, 0) is 0 Å². The number of benzene rings is 2. The number of aryl methyl sites for hydroxylation is 1. The fourth-order valence-electron chi connectivity index (χ4n) is 2.27. The van der Waals surface area contributed by atoms with Gasteiger partial charge in [-0.25, -0.2) is 0 Å². The van der Waals surface area contributed by atoms with Crippen molar-refractivity contribution in [1.29, 1.82) is 0 Å². The van der Waals surface area contributed by atoms with Gasteiger partial charge in [-0.15, -0.1) is 24.0 Å². The zero-order chi connectivity index (χ0) is 17.5. The zero-order valence-electron chi connectivity index (χ0n) is 14.5. The molecule has 0 aliphatic carbocycles. The number of nitrogens with zero attached hydrogens (tertiary/aromatic N) is 1. The van der Waals surface area contributed by atoms with E-state index in [9.17, 15) is 5.11 Å². The smallest absolute Gasteiger partial charge is 0.193 e. The lowest BCUT2D eigenvalue weighted by molar-refractivity contribution is 0.187. The Morgan fingerprint density at radius 2 is 1.88 bits per heavy atom. The number of anilines is 1. The molecule has 0 aliphatic rings. The highest BCUT2D eigenvalue weighted by molar-refractivity contribution is 14.0. The molecule has 0 aromatic heterocycles. The number of halogens is 1. The Bertz CT molecular complexity index is 722. The summed E-state index contributed by atoms with van der Waals surface area (Å²) >= 11 is 0. The molecule has 2 aromatic carbocycles. The lowest BCUT2D eigenvalue weighted by Crippen LogP contribution is -2.23. The van der Waals surface area contributed by atoms with Gasteiger partial charge in [-0.1, -0.05) is 29.8 Å². The Balaban J connectivity index is 0.00000312. The van der Waals surface area contributed by atoms with Gasteiger partial charge in [-0.05, 0) is 24.6 Å². The second-order valence-corrected chi connectivity index (χ2v) is 5.35. The van der Waals surface area contributed by atoms with E-state index in [0.717, 1.165) is 16.8 Å². The fraction of sp³-hybridized carbons (Fsp3) is 0.278. The molecule has 0 heterocycles. The third kappa shape index (κ3) is 6.09. The maximum atomic E-state index is 10.2. The van der Waals surface area contributed by atoms with Crippen LogP contribution in [0.3, 0.4) is 0 Å². The van der Waals surface area contributed by atoms with Crippen LogP contribution >= 0.6 is 24.0 Å². The minimum atomic E-state index is -0.698. The van der Waals surface area contributed by atoms with Crippen molar-refractivity contribution in [2.45, 2.75) is 13.0 Å². The number of nitrogens with one attached hydrogen (secondary N) is 1. The maximum absolute atomic E-state index is 10.2. The van der Waals surface area contributed by atoms with Crippen LogP contribution in [0.4, 0.5) is 5.69 Å². The van der Waals surface area contributed by atoms with E-state index in [2.05, 4.69) is 10.3 Å². The van der Waals surface area contributed by atoms with Crippen molar-refractivity contribution in [3.8, 4) is 11.5 Å². The predicted molar refractivity (Wildman–Crippen MR) is 111 cm³/mol. The minimum Gasteiger partial charge on any atom is -0.493 e. The van der Waals surface area contributed by atoms with Crippen molar-refractivity contribution < 1.29 is 14.6 Å². The van der Waals surface area contributed by atoms with Gasteiger partial charge in [0.25, 0.3) is 0 Å². The second kappa shape index (κ2) is 10.1. The Kier molecular flexibility index (Phi) is 8.50. The lowest BCUT2D eigenvalue weighted by Gasteiger charge is -2.12. The number of hydrogen-bond acceptors (Lipinski definition) is 4. The van der Waals surface area contributed by atoms with Crippen LogP contribution in [0.2, 0.25) is 0 Å². The summed E-state index contributed by atoms with van der Waals surface area (Å²) in [6.45, 7) is 2.15. The quantitative estimate of drug-likeness (QED) is 0.353. The summed E-state index contributed by atoms with van der Waals surface area (Å²) in [5.41, 5.74) is 8.51. The molecule has 2 rings (SSSR count). The molecule has 0 spiro atoms. The van der Waals surface area contributed by atoms with Crippen LogP contribution in [0.5, 0.6) is 11.5 Å². The number of aliphatic hydroxyl groups excluding tert-OH is 1. The molecular formula is C18H24IN3O3. The van der Waals surface area contributed by atoms with E-state index >= 15 is 0 Å². The first-order valence-corrected chi connectivity index (χ1v) is 7.57.